The quantitative estimate of drug-likeness (QED) is 0.195. The zero-order valence-electron chi connectivity index (χ0n) is 26.6. The molecule has 0 amide bonds. The molecule has 0 saturated heterocycles. The second-order valence-corrected chi connectivity index (χ2v) is 13.2. The summed E-state index contributed by atoms with van der Waals surface area (Å²) < 4.78 is 2.36. The second kappa shape index (κ2) is 10.7. The van der Waals surface area contributed by atoms with Crippen LogP contribution in [0.2, 0.25) is 0 Å². The minimum absolute atomic E-state index is 0.0112. The summed E-state index contributed by atoms with van der Waals surface area (Å²) in [5.41, 5.74) is 12.7. The van der Waals surface area contributed by atoms with Crippen LogP contribution in [0.25, 0.3) is 38.6 Å². The van der Waals surface area contributed by atoms with E-state index < -0.39 is 0 Å². The molecule has 2 aromatic heterocycles. The van der Waals surface area contributed by atoms with Crippen LogP contribution in [0, 0.1) is 0 Å². The highest BCUT2D eigenvalue weighted by molar-refractivity contribution is 6.10. The van der Waals surface area contributed by atoms with Crippen LogP contribution in [0.4, 0.5) is 11.5 Å². The zero-order valence-corrected chi connectivity index (χ0v) is 26.6. The molecular weight excluding hydrogens is 571 g/mol. The Labute approximate surface area is 275 Å². The maximum Gasteiger partial charge on any atom is 0.137 e. The third-order valence-corrected chi connectivity index (χ3v) is 10.3. The Hall–Kier alpha value is -5.67. The van der Waals surface area contributed by atoms with E-state index >= 15 is 0 Å². The molecule has 0 bridgehead atoms. The number of nitrogens with zero attached hydrogens (tertiary/aromatic N) is 3. The van der Waals surface area contributed by atoms with Crippen molar-refractivity contribution in [1.29, 1.82) is 0 Å². The molecule has 226 valence electrons. The van der Waals surface area contributed by atoms with E-state index in [2.05, 4.69) is 169 Å². The lowest BCUT2D eigenvalue weighted by atomic mass is 9.78. The van der Waals surface area contributed by atoms with Crippen molar-refractivity contribution in [2.24, 2.45) is 0 Å². The van der Waals surface area contributed by atoms with Crippen LogP contribution in [-0.4, -0.2) is 9.55 Å². The molecule has 5 aromatic carbocycles. The molecule has 0 unspecified atom stereocenters. The standard InChI is InChI=1S/C44H35N3/c1-44(2)39-16-8-6-14-35(39)36-25-24-34(29-40(36)44)46(43-18-10-11-27-45-43)33-22-19-30(20-23-33)31-21-26-42-38(28-31)37-15-7-9-17-41(37)47(42)32-12-4-3-5-13-32/h3-24,26-29,36H,25H2,1-2H3/t36-/m1/s1. The van der Waals surface area contributed by atoms with Crippen LogP contribution in [-0.2, 0) is 5.41 Å². The molecule has 0 spiro atoms. The Morgan fingerprint density at radius 1 is 0.681 bits per heavy atom. The molecule has 9 rings (SSSR count). The Bertz CT molecular complexity index is 2340. The lowest BCUT2D eigenvalue weighted by molar-refractivity contribution is 0.609. The largest absolute Gasteiger partial charge is 0.309 e. The summed E-state index contributed by atoms with van der Waals surface area (Å²) in [6, 6.07) is 50.3. The smallest absolute Gasteiger partial charge is 0.137 e. The lowest BCUT2D eigenvalue weighted by Gasteiger charge is -2.32. The second-order valence-electron chi connectivity index (χ2n) is 13.2. The van der Waals surface area contributed by atoms with Gasteiger partial charge in [-0.3, -0.25) is 4.90 Å². The molecule has 0 fully saturated rings. The van der Waals surface area contributed by atoms with Crippen molar-refractivity contribution in [2.45, 2.75) is 31.6 Å². The zero-order chi connectivity index (χ0) is 31.5. The van der Waals surface area contributed by atoms with Crippen molar-refractivity contribution >= 4 is 33.3 Å². The van der Waals surface area contributed by atoms with E-state index in [0.717, 1.165) is 17.9 Å². The van der Waals surface area contributed by atoms with Crippen LogP contribution >= 0.6 is 0 Å². The number of hydrogen-bond acceptors (Lipinski definition) is 2. The van der Waals surface area contributed by atoms with E-state index in [9.17, 15) is 0 Å². The van der Waals surface area contributed by atoms with E-state index in [-0.39, 0.29) is 5.41 Å². The first-order valence-electron chi connectivity index (χ1n) is 16.5. The Morgan fingerprint density at radius 2 is 1.40 bits per heavy atom. The van der Waals surface area contributed by atoms with E-state index in [1.807, 2.05) is 12.3 Å². The monoisotopic (exact) mass is 605 g/mol. The van der Waals surface area contributed by atoms with Crippen molar-refractivity contribution < 1.29 is 0 Å². The van der Waals surface area contributed by atoms with Gasteiger partial charge in [-0.25, -0.2) is 4.98 Å². The number of rotatable bonds is 5. The first-order chi connectivity index (χ1) is 23.1. The van der Waals surface area contributed by atoms with Gasteiger partial charge in [0.25, 0.3) is 0 Å². The lowest BCUT2D eigenvalue weighted by Crippen LogP contribution is -2.23. The minimum Gasteiger partial charge on any atom is -0.309 e. The topological polar surface area (TPSA) is 21.1 Å². The van der Waals surface area contributed by atoms with Crippen LogP contribution in [0.15, 0.2) is 169 Å². The van der Waals surface area contributed by atoms with E-state index in [1.165, 1.54) is 61.0 Å². The molecule has 2 aliphatic rings. The van der Waals surface area contributed by atoms with Gasteiger partial charge in [0.15, 0.2) is 0 Å². The molecule has 3 nitrogen and oxygen atoms in total. The van der Waals surface area contributed by atoms with Crippen molar-refractivity contribution in [3.63, 3.8) is 0 Å². The molecule has 47 heavy (non-hydrogen) atoms. The molecule has 3 heteroatoms. The molecule has 0 radical (unpaired) electrons. The van der Waals surface area contributed by atoms with Crippen LogP contribution in [0.1, 0.15) is 37.3 Å². The van der Waals surface area contributed by atoms with Gasteiger partial charge < -0.3 is 4.57 Å². The number of aromatic nitrogens is 2. The average molecular weight is 606 g/mol. The van der Waals surface area contributed by atoms with E-state index in [0.29, 0.717) is 5.92 Å². The maximum absolute atomic E-state index is 4.82. The predicted molar refractivity (Wildman–Crippen MR) is 196 cm³/mol. The Kier molecular flexibility index (Phi) is 6.29. The van der Waals surface area contributed by atoms with Crippen LogP contribution in [0.5, 0.6) is 0 Å². The molecule has 0 N–H and O–H groups in total. The summed E-state index contributed by atoms with van der Waals surface area (Å²) in [6.45, 7) is 4.74. The van der Waals surface area contributed by atoms with Crippen molar-refractivity contribution in [2.75, 3.05) is 4.90 Å². The summed E-state index contributed by atoms with van der Waals surface area (Å²) in [6.07, 6.45) is 7.69. The molecule has 0 saturated carbocycles. The summed E-state index contributed by atoms with van der Waals surface area (Å²) in [5.74, 6) is 1.35. The van der Waals surface area contributed by atoms with Gasteiger partial charge in [-0.1, -0.05) is 110 Å². The summed E-state index contributed by atoms with van der Waals surface area (Å²) >= 11 is 0. The fourth-order valence-corrected chi connectivity index (χ4v) is 7.99. The predicted octanol–water partition coefficient (Wildman–Crippen LogP) is 11.3. The van der Waals surface area contributed by atoms with E-state index in [4.69, 9.17) is 4.98 Å². The summed E-state index contributed by atoms with van der Waals surface area (Å²) in [4.78, 5) is 7.12. The molecule has 0 aliphatic heterocycles. The fourth-order valence-electron chi connectivity index (χ4n) is 7.99. The molecular formula is C44H35N3. The molecule has 2 aliphatic carbocycles. The number of hydrogen-bond donors (Lipinski definition) is 0. The van der Waals surface area contributed by atoms with Crippen molar-refractivity contribution in [3.8, 4) is 16.8 Å². The third kappa shape index (κ3) is 4.38. The SMILES string of the molecule is CC1(C)C2=CC(N(c3ccc(-c4ccc5c(c4)c4ccccc4n5-c4ccccc4)cc3)c3ccccn3)=CC[C@@H]2c2ccccc21. The fraction of sp³-hybridized carbons (Fsp3) is 0.114. The highest BCUT2D eigenvalue weighted by atomic mass is 15.2. The number of para-hydroxylation sites is 2. The normalized spacial score (nSPS) is 16.4. The average Bonchev–Trinajstić information content (AvgIpc) is 3.58. The van der Waals surface area contributed by atoms with Crippen molar-refractivity contribution in [3.05, 3.63) is 180 Å². The molecule has 1 atom stereocenters. The number of allylic oxidation sites excluding steroid dienone is 3. The van der Waals surface area contributed by atoms with Gasteiger partial charge in [0.2, 0.25) is 0 Å². The minimum atomic E-state index is -0.0112. The van der Waals surface area contributed by atoms with Gasteiger partial charge in [0.1, 0.15) is 5.82 Å². The van der Waals surface area contributed by atoms with Crippen LogP contribution < -0.4 is 4.90 Å². The number of pyridine rings is 1. The van der Waals surface area contributed by atoms with Crippen molar-refractivity contribution in [1.82, 2.24) is 9.55 Å². The summed E-state index contributed by atoms with van der Waals surface area (Å²) in [5, 5.41) is 2.52. The van der Waals surface area contributed by atoms with Gasteiger partial charge >= 0.3 is 0 Å². The third-order valence-electron chi connectivity index (χ3n) is 10.3. The first-order valence-corrected chi connectivity index (χ1v) is 16.5. The Balaban J connectivity index is 1.11. The maximum atomic E-state index is 4.82. The van der Waals surface area contributed by atoms with Gasteiger partial charge in [0, 0.05) is 45.4 Å². The Morgan fingerprint density at radius 3 is 2.23 bits per heavy atom. The number of benzene rings is 5. The molecule has 7 aromatic rings. The van der Waals surface area contributed by atoms with E-state index in [1.54, 1.807) is 0 Å². The summed E-state index contributed by atoms with van der Waals surface area (Å²) in [7, 11) is 0. The first kappa shape index (κ1) is 27.6. The number of fused-ring (bicyclic) bond motifs is 6. The van der Waals surface area contributed by atoms with Crippen LogP contribution in [0.3, 0.4) is 0 Å². The van der Waals surface area contributed by atoms with Gasteiger partial charge in [-0.15, -0.1) is 0 Å². The highest BCUT2D eigenvalue weighted by Gasteiger charge is 2.42. The number of anilines is 2. The highest BCUT2D eigenvalue weighted by Crippen LogP contribution is 2.54. The van der Waals surface area contributed by atoms with Gasteiger partial charge in [-0.2, -0.15) is 0 Å². The van der Waals surface area contributed by atoms with Gasteiger partial charge in [0.05, 0.1) is 11.0 Å². The van der Waals surface area contributed by atoms with Gasteiger partial charge in [-0.05, 0) is 89.3 Å². The molecule has 2 heterocycles.